The van der Waals surface area contributed by atoms with Gasteiger partial charge in [0.15, 0.2) is 0 Å². The van der Waals surface area contributed by atoms with Gasteiger partial charge in [0.05, 0.1) is 0 Å². The van der Waals surface area contributed by atoms with E-state index >= 15 is 0 Å². The summed E-state index contributed by atoms with van der Waals surface area (Å²) in [5, 5.41) is 8.44. The maximum atomic E-state index is 11.0. The predicted molar refractivity (Wildman–Crippen MR) is 59.8 cm³/mol. The Bertz CT molecular complexity index is 447. The fraction of sp³-hybridized carbons (Fsp3) is 0.167. The van der Waals surface area contributed by atoms with Crippen LogP contribution >= 0.6 is 0 Å². The second kappa shape index (κ2) is 4.72. The number of hydrogen-bond acceptors (Lipinski definition) is 3. The first-order chi connectivity index (χ1) is 7.81. The Labute approximate surface area is 93.3 Å². The molecule has 1 aliphatic carbocycles. The van der Waals surface area contributed by atoms with E-state index < -0.39 is 5.91 Å². The number of hydroxylamine groups is 1. The lowest BCUT2D eigenvalue weighted by Gasteiger charge is -2.07. The van der Waals surface area contributed by atoms with Crippen LogP contribution in [-0.2, 0) is 0 Å². The summed E-state index contributed by atoms with van der Waals surface area (Å²) in [5.74, 6) is -0.597. The molecule has 0 atom stereocenters. The number of carbonyl (C=O) groups is 1. The van der Waals surface area contributed by atoms with Gasteiger partial charge in [-0.2, -0.15) is 0 Å². The summed E-state index contributed by atoms with van der Waals surface area (Å²) in [4.78, 5) is 15.0. The Morgan fingerprint density at radius 1 is 1.38 bits per heavy atom. The standard InChI is InChI=1S/C12H12N2O2/c15-12(14-16)11-7-6-10(8-13-11)9-4-2-1-3-5-9/h2,4-8,16H,1,3H2,(H,14,15). The summed E-state index contributed by atoms with van der Waals surface area (Å²) < 4.78 is 0. The van der Waals surface area contributed by atoms with Gasteiger partial charge in [-0.1, -0.05) is 24.3 Å². The molecule has 1 aromatic rings. The molecule has 4 nitrogen and oxygen atoms in total. The third-order valence-corrected chi connectivity index (χ3v) is 2.43. The van der Waals surface area contributed by atoms with Crippen LogP contribution in [0.5, 0.6) is 0 Å². The van der Waals surface area contributed by atoms with Gasteiger partial charge < -0.3 is 0 Å². The van der Waals surface area contributed by atoms with Crippen molar-refractivity contribution in [2.45, 2.75) is 12.8 Å². The summed E-state index contributed by atoms with van der Waals surface area (Å²) in [6.07, 6.45) is 10.0. The van der Waals surface area contributed by atoms with E-state index in [0.29, 0.717) is 0 Å². The highest BCUT2D eigenvalue weighted by atomic mass is 16.5. The van der Waals surface area contributed by atoms with Crippen LogP contribution in [-0.4, -0.2) is 16.1 Å². The third kappa shape index (κ3) is 2.17. The summed E-state index contributed by atoms with van der Waals surface area (Å²) >= 11 is 0. The fourth-order valence-corrected chi connectivity index (χ4v) is 1.58. The van der Waals surface area contributed by atoms with Crippen molar-refractivity contribution in [3.8, 4) is 0 Å². The molecule has 2 N–H and O–H groups in total. The van der Waals surface area contributed by atoms with Gasteiger partial charge in [0.2, 0.25) is 0 Å². The Morgan fingerprint density at radius 2 is 2.25 bits per heavy atom. The normalized spacial score (nSPS) is 14.4. The van der Waals surface area contributed by atoms with E-state index in [1.54, 1.807) is 17.7 Å². The van der Waals surface area contributed by atoms with E-state index in [0.717, 1.165) is 24.0 Å². The van der Waals surface area contributed by atoms with E-state index in [1.165, 1.54) is 0 Å². The van der Waals surface area contributed by atoms with Crippen molar-refractivity contribution < 1.29 is 10.0 Å². The van der Waals surface area contributed by atoms with Crippen molar-refractivity contribution in [3.05, 3.63) is 47.8 Å². The zero-order valence-electron chi connectivity index (χ0n) is 8.68. The molecule has 0 unspecified atom stereocenters. The first-order valence-electron chi connectivity index (χ1n) is 5.09. The van der Waals surface area contributed by atoms with E-state index in [4.69, 9.17) is 5.21 Å². The molecule has 0 radical (unpaired) electrons. The molecule has 1 amide bonds. The maximum Gasteiger partial charge on any atom is 0.293 e. The van der Waals surface area contributed by atoms with Gasteiger partial charge in [-0.05, 0) is 30.0 Å². The van der Waals surface area contributed by atoms with Crippen molar-refractivity contribution in [1.82, 2.24) is 10.5 Å². The first-order valence-corrected chi connectivity index (χ1v) is 5.09. The minimum absolute atomic E-state index is 0.201. The number of allylic oxidation sites excluding steroid dienone is 4. The van der Waals surface area contributed by atoms with Gasteiger partial charge in [0.25, 0.3) is 5.91 Å². The van der Waals surface area contributed by atoms with Crippen LogP contribution in [0.1, 0.15) is 28.9 Å². The quantitative estimate of drug-likeness (QED) is 0.586. The molecule has 1 aromatic heterocycles. The largest absolute Gasteiger partial charge is 0.293 e. The molecule has 0 bridgehead atoms. The Morgan fingerprint density at radius 3 is 2.81 bits per heavy atom. The van der Waals surface area contributed by atoms with Crippen LogP contribution in [0.15, 0.2) is 36.6 Å². The predicted octanol–water partition coefficient (Wildman–Crippen LogP) is 1.93. The summed E-state index contributed by atoms with van der Waals surface area (Å²) in [5.41, 5.74) is 3.85. The number of nitrogens with one attached hydrogen (secondary N) is 1. The molecule has 1 aliphatic rings. The van der Waals surface area contributed by atoms with Crippen LogP contribution in [0.4, 0.5) is 0 Å². The molecule has 1 heterocycles. The molecule has 0 aliphatic heterocycles. The Kier molecular flexibility index (Phi) is 3.12. The van der Waals surface area contributed by atoms with Gasteiger partial charge >= 0.3 is 0 Å². The zero-order chi connectivity index (χ0) is 11.4. The number of nitrogens with zero attached hydrogens (tertiary/aromatic N) is 1. The minimum atomic E-state index is -0.597. The average molecular weight is 216 g/mol. The van der Waals surface area contributed by atoms with Crippen molar-refractivity contribution >= 4 is 11.5 Å². The number of rotatable bonds is 2. The molecule has 0 spiro atoms. The van der Waals surface area contributed by atoms with Crippen molar-refractivity contribution in [1.29, 1.82) is 0 Å². The topological polar surface area (TPSA) is 62.2 Å². The van der Waals surface area contributed by atoms with Crippen LogP contribution in [0.2, 0.25) is 0 Å². The SMILES string of the molecule is O=C(NO)c1ccc(C2=CCCC=C2)cn1. The van der Waals surface area contributed by atoms with Gasteiger partial charge in [-0.15, -0.1) is 0 Å². The van der Waals surface area contributed by atoms with E-state index in [1.807, 2.05) is 12.1 Å². The number of amides is 1. The molecule has 0 fully saturated rings. The van der Waals surface area contributed by atoms with Gasteiger partial charge in [0, 0.05) is 6.20 Å². The van der Waals surface area contributed by atoms with E-state index in [-0.39, 0.29) is 5.69 Å². The molecule has 16 heavy (non-hydrogen) atoms. The van der Waals surface area contributed by atoms with Crippen LogP contribution in [0.25, 0.3) is 5.57 Å². The number of aromatic nitrogens is 1. The van der Waals surface area contributed by atoms with E-state index in [2.05, 4.69) is 17.1 Å². The smallest absolute Gasteiger partial charge is 0.288 e. The molecule has 0 aromatic carbocycles. The molecular formula is C12H12N2O2. The summed E-state index contributed by atoms with van der Waals surface area (Å²) in [6.45, 7) is 0. The minimum Gasteiger partial charge on any atom is -0.288 e. The molecule has 0 saturated carbocycles. The number of hydrogen-bond donors (Lipinski definition) is 2. The van der Waals surface area contributed by atoms with Crippen LogP contribution < -0.4 is 5.48 Å². The molecule has 0 saturated heterocycles. The number of pyridine rings is 1. The second-order valence-corrected chi connectivity index (χ2v) is 3.51. The molecule has 4 heteroatoms. The van der Waals surface area contributed by atoms with Crippen LogP contribution in [0, 0.1) is 0 Å². The maximum absolute atomic E-state index is 11.0. The Balaban J connectivity index is 2.22. The third-order valence-electron chi connectivity index (χ3n) is 2.43. The highest BCUT2D eigenvalue weighted by Crippen LogP contribution is 2.20. The van der Waals surface area contributed by atoms with Gasteiger partial charge in [-0.3, -0.25) is 15.0 Å². The van der Waals surface area contributed by atoms with Crippen molar-refractivity contribution in [2.24, 2.45) is 0 Å². The average Bonchev–Trinajstić information content (AvgIpc) is 2.39. The lowest BCUT2D eigenvalue weighted by Crippen LogP contribution is -2.19. The highest BCUT2D eigenvalue weighted by molar-refractivity contribution is 5.91. The monoisotopic (exact) mass is 216 g/mol. The van der Waals surface area contributed by atoms with Gasteiger partial charge in [0.1, 0.15) is 5.69 Å². The van der Waals surface area contributed by atoms with Crippen LogP contribution in [0.3, 0.4) is 0 Å². The van der Waals surface area contributed by atoms with Gasteiger partial charge in [-0.25, -0.2) is 5.48 Å². The molecule has 2 rings (SSSR count). The van der Waals surface area contributed by atoms with Crippen molar-refractivity contribution in [3.63, 3.8) is 0 Å². The summed E-state index contributed by atoms with van der Waals surface area (Å²) in [6, 6.07) is 3.41. The first kappa shape index (κ1) is 10.6. The molecular weight excluding hydrogens is 204 g/mol. The molecule has 82 valence electrons. The highest BCUT2D eigenvalue weighted by Gasteiger charge is 2.06. The van der Waals surface area contributed by atoms with Crippen molar-refractivity contribution in [2.75, 3.05) is 0 Å². The lowest BCUT2D eigenvalue weighted by atomic mass is 10.0. The summed E-state index contributed by atoms with van der Waals surface area (Å²) in [7, 11) is 0. The Hall–Kier alpha value is -1.94. The second-order valence-electron chi connectivity index (χ2n) is 3.51. The number of carbonyl (C=O) groups excluding carboxylic acids is 1. The zero-order valence-corrected chi connectivity index (χ0v) is 8.68. The fourth-order valence-electron chi connectivity index (χ4n) is 1.58. The van der Waals surface area contributed by atoms with E-state index in [9.17, 15) is 4.79 Å². The lowest BCUT2D eigenvalue weighted by molar-refractivity contribution is 0.0701.